The van der Waals surface area contributed by atoms with Crippen LogP contribution in [0.25, 0.3) is 10.2 Å². The molecule has 1 aliphatic rings. The van der Waals surface area contributed by atoms with Gasteiger partial charge in [0, 0.05) is 19.0 Å². The minimum atomic E-state index is -4.63. The van der Waals surface area contributed by atoms with E-state index >= 15 is 0 Å². The second-order valence-electron chi connectivity index (χ2n) is 6.55. The topological polar surface area (TPSA) is 50.3 Å². The van der Waals surface area contributed by atoms with E-state index < -0.39 is 15.6 Å². The molecular formula is C19H18F2N2O2S2. The fraction of sp³-hybridized carbons (Fsp3) is 0.316. The number of alkyl halides is 2. The summed E-state index contributed by atoms with van der Waals surface area (Å²) >= 11 is 1.69. The lowest BCUT2D eigenvalue weighted by Gasteiger charge is -2.33. The lowest BCUT2D eigenvalue weighted by atomic mass is 9.97. The van der Waals surface area contributed by atoms with Crippen LogP contribution in [-0.4, -0.2) is 32.2 Å². The van der Waals surface area contributed by atoms with E-state index in [1.807, 2.05) is 23.1 Å². The smallest absolute Gasteiger partial charge is 0.341 e. The highest BCUT2D eigenvalue weighted by atomic mass is 32.2. The van der Waals surface area contributed by atoms with Crippen LogP contribution >= 0.6 is 11.3 Å². The van der Waals surface area contributed by atoms with Gasteiger partial charge >= 0.3 is 5.76 Å². The first-order valence-corrected chi connectivity index (χ1v) is 11.0. The van der Waals surface area contributed by atoms with Crippen LogP contribution in [0.1, 0.15) is 23.8 Å². The van der Waals surface area contributed by atoms with Crippen LogP contribution in [0.2, 0.25) is 0 Å². The second-order valence-corrected chi connectivity index (χ2v) is 9.50. The molecule has 1 aromatic heterocycles. The van der Waals surface area contributed by atoms with E-state index in [1.54, 1.807) is 23.5 Å². The standard InChI is InChI=1S/C19H18F2N2O2S2/c20-19(21)27(24,25)17-8-4-2-6-15(17)23-11-9-13(10-12-23)18-22-14-5-1-3-7-16(14)26-18/h1-8,13,19H,9-12H2. The van der Waals surface area contributed by atoms with Crippen molar-refractivity contribution in [1.29, 1.82) is 0 Å². The molecule has 27 heavy (non-hydrogen) atoms. The van der Waals surface area contributed by atoms with Crippen molar-refractivity contribution in [3.05, 3.63) is 53.5 Å². The monoisotopic (exact) mass is 408 g/mol. The molecule has 0 amide bonds. The van der Waals surface area contributed by atoms with E-state index in [1.165, 1.54) is 12.1 Å². The average Bonchev–Trinajstić information content (AvgIpc) is 3.12. The van der Waals surface area contributed by atoms with E-state index in [0.29, 0.717) is 24.7 Å². The third-order valence-corrected chi connectivity index (χ3v) is 7.53. The number of sulfone groups is 1. The van der Waals surface area contributed by atoms with Gasteiger partial charge in [-0.15, -0.1) is 11.3 Å². The van der Waals surface area contributed by atoms with E-state index in [4.69, 9.17) is 4.98 Å². The molecule has 4 rings (SSSR count). The highest BCUT2D eigenvalue weighted by Crippen LogP contribution is 2.37. The average molecular weight is 408 g/mol. The number of anilines is 1. The molecule has 1 aliphatic heterocycles. The third-order valence-electron chi connectivity index (χ3n) is 4.90. The number of halogens is 2. The molecule has 4 nitrogen and oxygen atoms in total. The van der Waals surface area contributed by atoms with Gasteiger partial charge < -0.3 is 4.90 Å². The fourth-order valence-electron chi connectivity index (χ4n) is 3.49. The molecule has 0 saturated carbocycles. The normalized spacial score (nSPS) is 16.3. The zero-order valence-electron chi connectivity index (χ0n) is 14.4. The number of thiazole rings is 1. The summed E-state index contributed by atoms with van der Waals surface area (Å²) in [7, 11) is -4.63. The van der Waals surface area contributed by atoms with Crippen LogP contribution in [0.4, 0.5) is 14.5 Å². The van der Waals surface area contributed by atoms with Crippen LogP contribution in [0.15, 0.2) is 53.4 Å². The van der Waals surface area contributed by atoms with Gasteiger partial charge in [-0.2, -0.15) is 8.78 Å². The van der Waals surface area contributed by atoms with Gasteiger partial charge in [-0.3, -0.25) is 0 Å². The number of para-hydroxylation sites is 2. The summed E-state index contributed by atoms with van der Waals surface area (Å²) in [6.45, 7) is 1.22. The number of hydrogen-bond acceptors (Lipinski definition) is 5. The minimum Gasteiger partial charge on any atom is -0.370 e. The number of hydrogen-bond donors (Lipinski definition) is 0. The number of aromatic nitrogens is 1. The summed E-state index contributed by atoms with van der Waals surface area (Å²) in [5.41, 5.74) is 1.36. The molecule has 0 radical (unpaired) electrons. The molecule has 0 atom stereocenters. The van der Waals surface area contributed by atoms with Gasteiger partial charge in [-0.1, -0.05) is 24.3 Å². The lowest BCUT2D eigenvalue weighted by molar-refractivity contribution is 0.234. The second kappa shape index (κ2) is 7.16. The molecule has 1 fully saturated rings. The van der Waals surface area contributed by atoms with Crippen LogP contribution in [0, 0.1) is 0 Å². The van der Waals surface area contributed by atoms with E-state index in [0.717, 1.165) is 28.1 Å². The molecule has 3 aromatic rings. The van der Waals surface area contributed by atoms with Gasteiger partial charge in [-0.05, 0) is 37.1 Å². The van der Waals surface area contributed by atoms with Crippen LogP contribution in [-0.2, 0) is 9.84 Å². The maximum atomic E-state index is 13.0. The van der Waals surface area contributed by atoms with Crippen molar-refractivity contribution in [2.45, 2.75) is 29.4 Å². The Balaban J connectivity index is 1.55. The Bertz CT molecular complexity index is 1030. The molecule has 0 aliphatic carbocycles. The van der Waals surface area contributed by atoms with Gasteiger partial charge in [0.15, 0.2) is 0 Å². The molecule has 0 bridgehead atoms. The molecular weight excluding hydrogens is 390 g/mol. The maximum Gasteiger partial charge on any atom is 0.341 e. The summed E-state index contributed by atoms with van der Waals surface area (Å²) in [5.74, 6) is -3.11. The zero-order chi connectivity index (χ0) is 19.0. The number of piperidine rings is 1. The summed E-state index contributed by atoms with van der Waals surface area (Å²) in [6.07, 6.45) is 1.62. The van der Waals surface area contributed by atoms with Gasteiger partial charge in [0.2, 0.25) is 9.84 Å². The first-order chi connectivity index (χ1) is 13.0. The van der Waals surface area contributed by atoms with Crippen molar-refractivity contribution >= 4 is 37.1 Å². The van der Waals surface area contributed by atoms with Crippen molar-refractivity contribution in [3.63, 3.8) is 0 Å². The molecule has 0 unspecified atom stereocenters. The fourth-order valence-corrected chi connectivity index (χ4v) is 5.57. The summed E-state index contributed by atoms with van der Waals surface area (Å²) in [4.78, 5) is 6.31. The molecule has 1 saturated heterocycles. The Hall–Kier alpha value is -2.06. The number of rotatable bonds is 4. The molecule has 142 valence electrons. The maximum absolute atomic E-state index is 13.0. The predicted molar refractivity (Wildman–Crippen MR) is 103 cm³/mol. The largest absolute Gasteiger partial charge is 0.370 e. The molecule has 2 heterocycles. The Labute approximate surface area is 160 Å². The van der Waals surface area contributed by atoms with E-state index in [-0.39, 0.29) is 4.90 Å². The zero-order valence-corrected chi connectivity index (χ0v) is 16.0. The van der Waals surface area contributed by atoms with Crippen molar-refractivity contribution in [2.75, 3.05) is 18.0 Å². The summed E-state index contributed by atoms with van der Waals surface area (Å²) < 4.78 is 51.2. The Kier molecular flexibility index (Phi) is 4.86. The number of fused-ring (bicyclic) bond motifs is 1. The van der Waals surface area contributed by atoms with Crippen molar-refractivity contribution in [2.24, 2.45) is 0 Å². The van der Waals surface area contributed by atoms with Crippen LogP contribution in [0.3, 0.4) is 0 Å². The highest BCUT2D eigenvalue weighted by Gasteiger charge is 2.32. The quantitative estimate of drug-likeness (QED) is 0.629. The number of nitrogens with zero attached hydrogens (tertiary/aromatic N) is 2. The molecule has 2 aromatic carbocycles. The van der Waals surface area contributed by atoms with Crippen molar-refractivity contribution in [3.8, 4) is 0 Å². The Morgan fingerprint density at radius 3 is 2.41 bits per heavy atom. The first kappa shape index (κ1) is 18.3. The van der Waals surface area contributed by atoms with E-state index in [2.05, 4.69) is 6.07 Å². The minimum absolute atomic E-state index is 0.293. The Morgan fingerprint density at radius 2 is 1.70 bits per heavy atom. The van der Waals surface area contributed by atoms with Gasteiger partial charge in [0.25, 0.3) is 0 Å². The van der Waals surface area contributed by atoms with Crippen molar-refractivity contribution < 1.29 is 17.2 Å². The molecule has 8 heteroatoms. The lowest BCUT2D eigenvalue weighted by Crippen LogP contribution is -2.34. The predicted octanol–water partition coefficient (Wildman–Crippen LogP) is 4.68. The van der Waals surface area contributed by atoms with Crippen LogP contribution in [0.5, 0.6) is 0 Å². The van der Waals surface area contributed by atoms with E-state index in [9.17, 15) is 17.2 Å². The SMILES string of the molecule is O=S(=O)(c1ccccc1N1CCC(c2nc3ccccc3s2)CC1)C(F)F. The third kappa shape index (κ3) is 3.43. The van der Waals surface area contributed by atoms with Gasteiger partial charge in [0.1, 0.15) is 0 Å². The Morgan fingerprint density at radius 1 is 1.04 bits per heavy atom. The highest BCUT2D eigenvalue weighted by molar-refractivity contribution is 7.91. The summed E-state index contributed by atoms with van der Waals surface area (Å²) in [5, 5.41) is 1.09. The summed E-state index contributed by atoms with van der Waals surface area (Å²) in [6, 6.07) is 14.0. The molecule has 0 spiro atoms. The van der Waals surface area contributed by atoms with Crippen molar-refractivity contribution in [1.82, 2.24) is 4.98 Å². The number of benzene rings is 2. The van der Waals surface area contributed by atoms with Crippen LogP contribution < -0.4 is 4.90 Å². The van der Waals surface area contributed by atoms with Gasteiger partial charge in [-0.25, -0.2) is 13.4 Å². The first-order valence-electron chi connectivity index (χ1n) is 8.68. The molecule has 0 N–H and O–H groups in total. The van der Waals surface area contributed by atoms with Gasteiger partial charge in [0.05, 0.1) is 25.8 Å².